The first kappa shape index (κ1) is 17.7. The van der Waals surface area contributed by atoms with Crippen molar-refractivity contribution in [3.05, 3.63) is 109 Å². The van der Waals surface area contributed by atoms with Crippen molar-refractivity contribution in [2.75, 3.05) is 0 Å². The average Bonchev–Trinajstić information content (AvgIpc) is 3.21. The van der Waals surface area contributed by atoms with Gasteiger partial charge in [-0.25, -0.2) is 4.98 Å². The molecular weight excluding hydrogens is 347 g/mol. The van der Waals surface area contributed by atoms with E-state index < -0.39 is 7.26 Å². The van der Waals surface area contributed by atoms with Crippen molar-refractivity contribution in [2.24, 2.45) is 0 Å². The Morgan fingerprint density at radius 3 is 1.52 bits per heavy atom. The standard InChI is InChI=1S/C24H24N2P/c1-2-26-18-21(25-20-26)19-27(22-12-6-3-7-13-22,23-14-8-4-9-15-23)24-16-10-5-11-17-24/h3-18,20H,2,19H2,1H3/q+1. The number of hydrogen-bond acceptors (Lipinski definition) is 1. The van der Waals surface area contributed by atoms with Crippen LogP contribution in [-0.2, 0) is 12.7 Å². The van der Waals surface area contributed by atoms with Gasteiger partial charge in [0.2, 0.25) is 0 Å². The van der Waals surface area contributed by atoms with Crippen LogP contribution in [0.25, 0.3) is 0 Å². The maximum Gasteiger partial charge on any atom is 0.118 e. The monoisotopic (exact) mass is 371 g/mol. The van der Waals surface area contributed by atoms with Gasteiger partial charge in [-0.05, 0) is 43.3 Å². The number of aromatic nitrogens is 2. The summed E-state index contributed by atoms with van der Waals surface area (Å²) in [5, 5.41) is 4.19. The number of nitrogens with zero attached hydrogens (tertiary/aromatic N) is 2. The molecule has 0 unspecified atom stereocenters. The lowest BCUT2D eigenvalue weighted by Gasteiger charge is -2.27. The van der Waals surface area contributed by atoms with Gasteiger partial charge in [0.15, 0.2) is 0 Å². The summed E-state index contributed by atoms with van der Waals surface area (Å²) >= 11 is 0. The van der Waals surface area contributed by atoms with Crippen LogP contribution in [0, 0.1) is 0 Å². The van der Waals surface area contributed by atoms with E-state index >= 15 is 0 Å². The molecule has 0 saturated heterocycles. The van der Waals surface area contributed by atoms with Crippen molar-refractivity contribution < 1.29 is 0 Å². The molecular formula is C24H24N2P+. The highest BCUT2D eigenvalue weighted by molar-refractivity contribution is 7.95. The average molecular weight is 371 g/mol. The fourth-order valence-electron chi connectivity index (χ4n) is 3.67. The minimum absolute atomic E-state index is 0.929. The maximum atomic E-state index is 4.74. The molecule has 0 fully saturated rings. The number of hydrogen-bond donors (Lipinski definition) is 0. The van der Waals surface area contributed by atoms with Crippen molar-refractivity contribution in [3.8, 4) is 0 Å². The first-order valence-electron chi connectivity index (χ1n) is 9.38. The number of imidazole rings is 1. The van der Waals surface area contributed by atoms with Crippen LogP contribution in [0.3, 0.4) is 0 Å². The van der Waals surface area contributed by atoms with Crippen molar-refractivity contribution in [3.63, 3.8) is 0 Å². The molecule has 0 aliphatic carbocycles. The summed E-state index contributed by atoms with van der Waals surface area (Å²) < 4.78 is 2.16. The fraction of sp³-hybridized carbons (Fsp3) is 0.125. The van der Waals surface area contributed by atoms with E-state index in [4.69, 9.17) is 4.98 Å². The Balaban J connectivity index is 1.97. The van der Waals surface area contributed by atoms with E-state index in [1.54, 1.807) is 0 Å². The van der Waals surface area contributed by atoms with Crippen LogP contribution < -0.4 is 15.9 Å². The maximum absolute atomic E-state index is 4.74. The molecule has 0 amide bonds. The highest BCUT2D eigenvalue weighted by Gasteiger charge is 2.45. The Morgan fingerprint density at radius 2 is 1.15 bits per heavy atom. The van der Waals surface area contributed by atoms with Crippen LogP contribution in [0.1, 0.15) is 12.6 Å². The van der Waals surface area contributed by atoms with Crippen molar-refractivity contribution in [1.29, 1.82) is 0 Å². The van der Waals surface area contributed by atoms with E-state index in [1.165, 1.54) is 15.9 Å². The van der Waals surface area contributed by atoms with E-state index in [2.05, 4.69) is 109 Å². The number of aryl methyl sites for hydroxylation is 1. The lowest BCUT2D eigenvalue weighted by molar-refractivity contribution is 0.761. The van der Waals surface area contributed by atoms with Gasteiger partial charge in [0.05, 0.1) is 12.0 Å². The zero-order chi connectivity index (χ0) is 18.5. The molecule has 27 heavy (non-hydrogen) atoms. The highest BCUT2D eigenvalue weighted by atomic mass is 31.2. The third kappa shape index (κ3) is 3.46. The van der Waals surface area contributed by atoms with Gasteiger partial charge in [-0.15, -0.1) is 0 Å². The molecule has 0 atom stereocenters. The van der Waals surface area contributed by atoms with Gasteiger partial charge in [0, 0.05) is 12.7 Å². The molecule has 1 heterocycles. The summed E-state index contributed by atoms with van der Waals surface area (Å²) in [5.74, 6) is 0. The van der Waals surface area contributed by atoms with Gasteiger partial charge >= 0.3 is 0 Å². The van der Waals surface area contributed by atoms with Gasteiger partial charge in [-0.3, -0.25) is 0 Å². The van der Waals surface area contributed by atoms with Crippen LogP contribution in [0.2, 0.25) is 0 Å². The Hall–Kier alpha value is -2.70. The molecule has 134 valence electrons. The van der Waals surface area contributed by atoms with Gasteiger partial charge in [0.1, 0.15) is 29.3 Å². The minimum atomic E-state index is -1.85. The predicted octanol–water partition coefficient (Wildman–Crippen LogP) is 4.40. The Labute approximate surface area is 161 Å². The molecule has 0 saturated carbocycles. The predicted molar refractivity (Wildman–Crippen MR) is 117 cm³/mol. The lowest BCUT2D eigenvalue weighted by atomic mass is 10.4. The zero-order valence-electron chi connectivity index (χ0n) is 15.6. The van der Waals surface area contributed by atoms with Crippen molar-refractivity contribution >= 4 is 23.2 Å². The van der Waals surface area contributed by atoms with Crippen molar-refractivity contribution in [2.45, 2.75) is 19.6 Å². The third-order valence-corrected chi connectivity index (χ3v) is 9.38. The van der Waals surface area contributed by atoms with Crippen LogP contribution in [0.4, 0.5) is 0 Å². The first-order valence-corrected chi connectivity index (χ1v) is 11.4. The van der Waals surface area contributed by atoms with Gasteiger partial charge < -0.3 is 4.57 Å². The summed E-state index contributed by atoms with van der Waals surface area (Å²) in [6.07, 6.45) is 5.08. The second kappa shape index (κ2) is 7.90. The van der Waals surface area contributed by atoms with Crippen molar-refractivity contribution in [1.82, 2.24) is 9.55 Å². The smallest absolute Gasteiger partial charge is 0.118 e. The van der Waals surface area contributed by atoms with Gasteiger partial charge in [-0.2, -0.15) is 0 Å². The molecule has 3 heteroatoms. The normalized spacial score (nSPS) is 11.4. The molecule has 4 rings (SSSR count). The molecule has 0 spiro atoms. The first-order chi connectivity index (χ1) is 13.3. The molecule has 0 bridgehead atoms. The largest absolute Gasteiger partial charge is 0.337 e. The van der Waals surface area contributed by atoms with E-state index in [9.17, 15) is 0 Å². The van der Waals surface area contributed by atoms with E-state index in [0.717, 1.165) is 18.4 Å². The van der Waals surface area contributed by atoms with Crippen LogP contribution in [0.5, 0.6) is 0 Å². The Kier molecular flexibility index (Phi) is 5.18. The third-order valence-electron chi connectivity index (χ3n) is 5.04. The van der Waals surface area contributed by atoms with Crippen LogP contribution in [0.15, 0.2) is 104 Å². The molecule has 4 aromatic rings. The summed E-state index contributed by atoms with van der Waals surface area (Å²) in [5.41, 5.74) is 1.15. The summed E-state index contributed by atoms with van der Waals surface area (Å²) in [6, 6.07) is 32.9. The number of benzene rings is 3. The van der Waals surface area contributed by atoms with E-state index in [-0.39, 0.29) is 0 Å². The zero-order valence-corrected chi connectivity index (χ0v) is 16.5. The van der Waals surface area contributed by atoms with Gasteiger partial charge in [0.25, 0.3) is 0 Å². The molecule has 0 radical (unpaired) electrons. The second-order valence-electron chi connectivity index (χ2n) is 6.67. The fourth-order valence-corrected chi connectivity index (χ4v) is 7.81. The van der Waals surface area contributed by atoms with E-state index in [0.29, 0.717) is 0 Å². The minimum Gasteiger partial charge on any atom is -0.337 e. The molecule has 3 aromatic carbocycles. The van der Waals surface area contributed by atoms with Gasteiger partial charge in [-0.1, -0.05) is 54.6 Å². The Bertz CT molecular complexity index is 882. The summed E-state index contributed by atoms with van der Waals surface area (Å²) in [4.78, 5) is 4.74. The molecule has 1 aromatic heterocycles. The highest BCUT2D eigenvalue weighted by Crippen LogP contribution is 2.57. The topological polar surface area (TPSA) is 17.8 Å². The summed E-state index contributed by atoms with van der Waals surface area (Å²) in [7, 11) is -1.85. The SMILES string of the molecule is CCn1cnc(C[P+](c2ccccc2)(c2ccccc2)c2ccccc2)c1. The molecule has 0 aliphatic heterocycles. The van der Waals surface area contributed by atoms with Crippen LogP contribution >= 0.6 is 7.26 Å². The summed E-state index contributed by atoms with van der Waals surface area (Å²) in [6.45, 7) is 3.10. The quantitative estimate of drug-likeness (QED) is 0.460. The number of rotatable bonds is 6. The van der Waals surface area contributed by atoms with E-state index in [1.807, 2.05) is 6.33 Å². The molecule has 2 nitrogen and oxygen atoms in total. The second-order valence-corrected chi connectivity index (χ2v) is 10.2. The van der Waals surface area contributed by atoms with Crippen LogP contribution in [-0.4, -0.2) is 9.55 Å². The Morgan fingerprint density at radius 1 is 0.704 bits per heavy atom. The molecule has 0 aliphatic rings. The molecule has 0 N–H and O–H groups in total. The lowest BCUT2D eigenvalue weighted by Crippen LogP contribution is -2.32.